The van der Waals surface area contributed by atoms with Crippen LogP contribution in [0.4, 0.5) is 0 Å². The molecule has 0 aliphatic heterocycles. The van der Waals surface area contributed by atoms with E-state index < -0.39 is 0 Å². The van der Waals surface area contributed by atoms with E-state index >= 15 is 0 Å². The maximum atomic E-state index is 12.0. The maximum Gasteiger partial charge on any atom is 0.251 e. The zero-order chi connectivity index (χ0) is 19.6. The van der Waals surface area contributed by atoms with Gasteiger partial charge in [0.2, 0.25) is 5.91 Å². The summed E-state index contributed by atoms with van der Waals surface area (Å²) in [4.78, 5) is 26.3. The van der Waals surface area contributed by atoms with Gasteiger partial charge in [0.15, 0.2) is 0 Å². The molecule has 0 aliphatic carbocycles. The summed E-state index contributed by atoms with van der Waals surface area (Å²) in [5, 5.41) is 5.88. The minimum absolute atomic E-state index is 0.0780. The van der Waals surface area contributed by atoms with Crippen LogP contribution in [-0.4, -0.2) is 36.3 Å². The minimum atomic E-state index is -0.326. The lowest BCUT2D eigenvalue weighted by atomic mass is 10.1. The Morgan fingerprint density at radius 2 is 1.63 bits per heavy atom. The number of nitrogens with zero attached hydrogens (tertiary/aromatic N) is 1. The molecule has 0 aromatic heterocycles. The summed E-state index contributed by atoms with van der Waals surface area (Å²) < 4.78 is 0. The second-order valence-electron chi connectivity index (χ2n) is 6.25. The molecule has 0 spiro atoms. The van der Waals surface area contributed by atoms with Gasteiger partial charge in [-0.3, -0.25) is 14.5 Å². The topological polar surface area (TPSA) is 61.4 Å². The monoisotopic (exact) mass is 387 g/mol. The number of hydrogen-bond acceptors (Lipinski definition) is 3. The summed E-state index contributed by atoms with van der Waals surface area (Å²) in [5.74, 6) is -0.564. The number of carbonyl (C=O) groups is 2. The van der Waals surface area contributed by atoms with Crippen LogP contribution in [-0.2, 0) is 17.9 Å². The van der Waals surface area contributed by atoms with E-state index in [0.29, 0.717) is 17.1 Å². The van der Waals surface area contributed by atoms with Crippen molar-refractivity contribution in [2.75, 3.05) is 19.6 Å². The van der Waals surface area contributed by atoms with Gasteiger partial charge in [0.25, 0.3) is 5.91 Å². The third kappa shape index (κ3) is 7.04. The Hall–Kier alpha value is -2.37. The van der Waals surface area contributed by atoms with Crippen LogP contribution in [0.1, 0.15) is 35.3 Å². The van der Waals surface area contributed by atoms with Crippen LogP contribution in [0.3, 0.4) is 0 Å². The summed E-state index contributed by atoms with van der Waals surface area (Å²) in [6, 6.07) is 14.8. The zero-order valence-electron chi connectivity index (χ0n) is 15.8. The Morgan fingerprint density at radius 1 is 0.963 bits per heavy atom. The molecule has 0 saturated heterocycles. The standard InChI is InChI=1S/C21H26ClN3O2/c1-3-25(4-2)15-17-10-8-16(9-11-17)13-23-20(26)14-24-21(27)18-6-5-7-19(22)12-18/h5-12H,3-4,13-15H2,1-2H3,(H,23,26)(H,24,27). The van der Waals surface area contributed by atoms with Gasteiger partial charge in [0.1, 0.15) is 0 Å². The van der Waals surface area contributed by atoms with Gasteiger partial charge in [-0.1, -0.05) is 55.8 Å². The molecule has 144 valence electrons. The van der Waals surface area contributed by atoms with Gasteiger partial charge >= 0.3 is 0 Å². The fourth-order valence-electron chi connectivity index (χ4n) is 2.62. The van der Waals surface area contributed by atoms with Crippen LogP contribution in [0.25, 0.3) is 0 Å². The third-order valence-corrected chi connectivity index (χ3v) is 4.54. The molecule has 0 bridgehead atoms. The average Bonchev–Trinajstić information content (AvgIpc) is 2.69. The second-order valence-corrected chi connectivity index (χ2v) is 6.68. The largest absolute Gasteiger partial charge is 0.350 e. The lowest BCUT2D eigenvalue weighted by Gasteiger charge is -2.18. The minimum Gasteiger partial charge on any atom is -0.350 e. The van der Waals surface area contributed by atoms with E-state index in [4.69, 9.17) is 11.6 Å². The number of benzene rings is 2. The first-order chi connectivity index (χ1) is 13.0. The van der Waals surface area contributed by atoms with Gasteiger partial charge in [-0.15, -0.1) is 0 Å². The van der Waals surface area contributed by atoms with Crippen LogP contribution < -0.4 is 10.6 Å². The molecule has 0 radical (unpaired) electrons. The Kier molecular flexibility index (Phi) is 8.30. The van der Waals surface area contributed by atoms with Crippen LogP contribution >= 0.6 is 11.6 Å². The van der Waals surface area contributed by atoms with Crippen LogP contribution in [0, 0.1) is 0 Å². The fourth-order valence-corrected chi connectivity index (χ4v) is 2.81. The molecule has 6 heteroatoms. The van der Waals surface area contributed by atoms with Crippen molar-refractivity contribution in [2.45, 2.75) is 26.9 Å². The fraction of sp³-hybridized carbons (Fsp3) is 0.333. The van der Waals surface area contributed by atoms with Gasteiger partial charge in [-0.2, -0.15) is 0 Å². The van der Waals surface area contributed by atoms with E-state index in [1.54, 1.807) is 24.3 Å². The lowest BCUT2D eigenvalue weighted by Crippen LogP contribution is -2.36. The third-order valence-electron chi connectivity index (χ3n) is 4.31. The predicted molar refractivity (Wildman–Crippen MR) is 109 cm³/mol. The highest BCUT2D eigenvalue weighted by Crippen LogP contribution is 2.10. The molecule has 2 N–H and O–H groups in total. The highest BCUT2D eigenvalue weighted by molar-refractivity contribution is 6.30. The number of amides is 2. The quantitative estimate of drug-likeness (QED) is 0.694. The summed E-state index contributed by atoms with van der Waals surface area (Å²) in [5.41, 5.74) is 2.70. The molecule has 0 aliphatic rings. The molecule has 0 unspecified atom stereocenters. The molecule has 0 saturated carbocycles. The molecule has 2 rings (SSSR count). The van der Waals surface area contributed by atoms with Crippen LogP contribution in [0.2, 0.25) is 5.02 Å². The number of hydrogen-bond donors (Lipinski definition) is 2. The van der Waals surface area contributed by atoms with Gasteiger partial charge in [0.05, 0.1) is 6.54 Å². The summed E-state index contributed by atoms with van der Waals surface area (Å²) in [6.07, 6.45) is 0. The smallest absolute Gasteiger partial charge is 0.251 e. The van der Waals surface area contributed by atoms with E-state index in [-0.39, 0.29) is 18.4 Å². The SMILES string of the molecule is CCN(CC)Cc1ccc(CNC(=O)CNC(=O)c2cccc(Cl)c2)cc1. The summed E-state index contributed by atoms with van der Waals surface area (Å²) in [6.45, 7) is 7.62. The molecule has 5 nitrogen and oxygen atoms in total. The molecule has 2 amide bonds. The van der Waals surface area contributed by atoms with Crippen molar-refractivity contribution in [3.63, 3.8) is 0 Å². The van der Waals surface area contributed by atoms with E-state index in [2.05, 4.69) is 41.5 Å². The van der Waals surface area contributed by atoms with Crippen molar-refractivity contribution in [1.82, 2.24) is 15.5 Å². The van der Waals surface area contributed by atoms with Crippen molar-refractivity contribution in [3.05, 3.63) is 70.2 Å². The van der Waals surface area contributed by atoms with Crippen molar-refractivity contribution in [3.8, 4) is 0 Å². The highest BCUT2D eigenvalue weighted by atomic mass is 35.5. The molecular weight excluding hydrogens is 362 g/mol. The van der Waals surface area contributed by atoms with Gasteiger partial charge in [0, 0.05) is 23.7 Å². The summed E-state index contributed by atoms with van der Waals surface area (Å²) >= 11 is 5.86. The normalized spacial score (nSPS) is 10.7. The lowest BCUT2D eigenvalue weighted by molar-refractivity contribution is -0.120. The number of nitrogens with one attached hydrogen (secondary N) is 2. The van der Waals surface area contributed by atoms with E-state index in [1.807, 2.05) is 12.1 Å². The summed E-state index contributed by atoms with van der Waals surface area (Å²) in [7, 11) is 0. The van der Waals surface area contributed by atoms with E-state index in [1.165, 1.54) is 5.56 Å². The Labute approximate surface area is 165 Å². The van der Waals surface area contributed by atoms with E-state index in [9.17, 15) is 9.59 Å². The number of rotatable bonds is 9. The van der Waals surface area contributed by atoms with Crippen molar-refractivity contribution < 1.29 is 9.59 Å². The van der Waals surface area contributed by atoms with Crippen molar-refractivity contribution in [2.24, 2.45) is 0 Å². The zero-order valence-corrected chi connectivity index (χ0v) is 16.6. The van der Waals surface area contributed by atoms with Gasteiger partial charge in [-0.25, -0.2) is 0 Å². The molecule has 0 atom stereocenters. The highest BCUT2D eigenvalue weighted by Gasteiger charge is 2.08. The Balaban J connectivity index is 1.76. The molecule has 0 fully saturated rings. The second kappa shape index (κ2) is 10.7. The molecule has 0 heterocycles. The number of carbonyl (C=O) groups excluding carboxylic acids is 2. The molecular formula is C21H26ClN3O2. The van der Waals surface area contributed by atoms with E-state index in [0.717, 1.165) is 25.2 Å². The Morgan fingerprint density at radius 3 is 2.26 bits per heavy atom. The van der Waals surface area contributed by atoms with Crippen molar-refractivity contribution in [1.29, 1.82) is 0 Å². The first-order valence-corrected chi connectivity index (χ1v) is 9.50. The van der Waals surface area contributed by atoms with Gasteiger partial charge < -0.3 is 10.6 Å². The van der Waals surface area contributed by atoms with Crippen molar-refractivity contribution >= 4 is 23.4 Å². The molecule has 27 heavy (non-hydrogen) atoms. The van der Waals surface area contributed by atoms with Gasteiger partial charge in [-0.05, 0) is 42.4 Å². The Bertz CT molecular complexity index is 758. The van der Waals surface area contributed by atoms with Crippen LogP contribution in [0.5, 0.6) is 0 Å². The first kappa shape index (κ1) is 20.9. The number of halogens is 1. The van der Waals surface area contributed by atoms with Crippen LogP contribution in [0.15, 0.2) is 48.5 Å². The average molecular weight is 388 g/mol. The maximum absolute atomic E-state index is 12.0. The first-order valence-electron chi connectivity index (χ1n) is 9.12. The predicted octanol–water partition coefficient (Wildman–Crippen LogP) is 3.23. The molecule has 2 aromatic carbocycles. The molecule has 2 aromatic rings.